The molecule has 0 amide bonds. The SMILES string of the molecule is O=[N+]([O-])N[N+](=O)[O-]. The molecule has 0 aromatic carbocycles. The Morgan fingerprint density at radius 1 is 1.14 bits per heavy atom. The van der Waals surface area contributed by atoms with Gasteiger partial charge in [-0.2, -0.15) is 0 Å². The highest BCUT2D eigenvalue weighted by atomic mass is 16.8. The van der Waals surface area contributed by atoms with E-state index in [-0.39, 0.29) is 0 Å². The van der Waals surface area contributed by atoms with Crippen LogP contribution in [0.25, 0.3) is 0 Å². The second-order valence-electron chi connectivity index (χ2n) is 0.614. The van der Waals surface area contributed by atoms with Gasteiger partial charge in [-0.25, -0.2) is 20.2 Å². The van der Waals surface area contributed by atoms with Crippen LogP contribution in [0.1, 0.15) is 0 Å². The molecule has 0 aromatic rings. The molecule has 7 heteroatoms. The van der Waals surface area contributed by atoms with Gasteiger partial charge in [-0.05, 0) is 0 Å². The van der Waals surface area contributed by atoms with Gasteiger partial charge in [-0.15, -0.1) is 0 Å². The smallest absolute Gasteiger partial charge is 0.220 e. The van der Waals surface area contributed by atoms with Gasteiger partial charge in [0.2, 0.25) is 10.1 Å². The lowest BCUT2D eigenvalue weighted by Crippen LogP contribution is -2.27. The fourth-order valence-corrected chi connectivity index (χ4v) is 0.0667. The predicted molar refractivity (Wildman–Crippen MR) is 17.1 cm³/mol. The molecule has 0 radical (unpaired) electrons. The summed E-state index contributed by atoms with van der Waals surface area (Å²) in [6.45, 7) is 0. The zero-order valence-electron chi connectivity index (χ0n) is 3.03. The Labute approximate surface area is 37.2 Å². The predicted octanol–water partition coefficient (Wildman–Crippen LogP) is -1.04. The summed E-state index contributed by atoms with van der Waals surface area (Å²) >= 11 is 0. The van der Waals surface area contributed by atoms with Gasteiger partial charge in [-0.3, -0.25) is 0 Å². The van der Waals surface area contributed by atoms with Crippen LogP contribution in [0.3, 0.4) is 0 Å². The number of hydrogen-bond donors (Lipinski definition) is 1. The molecule has 40 valence electrons. The number of nitrogens with zero attached hydrogens (tertiary/aromatic N) is 2. The van der Waals surface area contributed by atoms with Gasteiger partial charge in [-0.1, -0.05) is 0 Å². The number of rotatable bonds is 2. The van der Waals surface area contributed by atoms with Crippen LogP contribution in [-0.2, 0) is 0 Å². The number of nitrogens with one attached hydrogen (secondary N) is 1. The van der Waals surface area contributed by atoms with Crippen molar-refractivity contribution in [2.24, 2.45) is 0 Å². The molecule has 0 rings (SSSR count). The molecule has 0 bridgehead atoms. The number of hydrazine groups is 2. The molecule has 7 nitrogen and oxygen atoms in total. The Bertz CT molecular complexity index is 83.1. The third kappa shape index (κ3) is 4.60. The first-order chi connectivity index (χ1) is 3.13. The monoisotopic (exact) mass is 107 g/mol. The van der Waals surface area contributed by atoms with Crippen molar-refractivity contribution in [3.05, 3.63) is 20.2 Å². The molecule has 1 N–H and O–H groups in total. The molecule has 0 saturated carbocycles. The Morgan fingerprint density at radius 3 is 1.43 bits per heavy atom. The summed E-state index contributed by atoms with van der Waals surface area (Å²) in [5.74, 6) is 0. The zero-order chi connectivity index (χ0) is 5.86. The van der Waals surface area contributed by atoms with Gasteiger partial charge in [0.05, 0.1) is 0 Å². The standard InChI is InChI=1S/HN3O4/c4-2(5)1-3(6)7/h1H. The zero-order valence-corrected chi connectivity index (χ0v) is 3.03. The van der Waals surface area contributed by atoms with E-state index >= 15 is 0 Å². The largest absolute Gasteiger partial charge is 0.230 e. The molecule has 0 spiro atoms. The summed E-state index contributed by atoms with van der Waals surface area (Å²) in [5.41, 5.74) is 0.750. The average molecular weight is 107 g/mol. The Balaban J connectivity index is 3.32. The summed E-state index contributed by atoms with van der Waals surface area (Å²) < 4.78 is 0. The number of nitro groups is 2. The second-order valence-corrected chi connectivity index (χ2v) is 0.614. The van der Waals surface area contributed by atoms with Gasteiger partial charge in [0, 0.05) is 0 Å². The highest BCUT2D eigenvalue weighted by Crippen LogP contribution is 1.55. The van der Waals surface area contributed by atoms with E-state index in [1.165, 1.54) is 0 Å². The Morgan fingerprint density at radius 2 is 1.43 bits per heavy atom. The molecule has 0 heterocycles. The van der Waals surface area contributed by atoms with E-state index in [9.17, 15) is 0 Å². The van der Waals surface area contributed by atoms with Crippen LogP contribution >= 0.6 is 0 Å². The molecule has 0 unspecified atom stereocenters. The van der Waals surface area contributed by atoms with Crippen molar-refractivity contribution in [2.75, 3.05) is 0 Å². The summed E-state index contributed by atoms with van der Waals surface area (Å²) in [4.78, 5) is 18.1. The van der Waals surface area contributed by atoms with E-state index in [4.69, 9.17) is 20.2 Å². The lowest BCUT2D eigenvalue weighted by Gasteiger charge is -1.78. The second kappa shape index (κ2) is 1.90. The minimum Gasteiger partial charge on any atom is -0.230 e. The van der Waals surface area contributed by atoms with E-state index < -0.39 is 10.1 Å². The van der Waals surface area contributed by atoms with Crippen molar-refractivity contribution >= 4 is 0 Å². The Hall–Kier alpha value is -1.40. The van der Waals surface area contributed by atoms with Gasteiger partial charge >= 0.3 is 0 Å². The molecule has 0 aliphatic carbocycles. The fraction of sp³-hybridized carbons (Fsp3) is 0. The van der Waals surface area contributed by atoms with Gasteiger partial charge in [0.1, 0.15) is 0 Å². The normalized spacial score (nSPS) is 7.43. The summed E-state index contributed by atoms with van der Waals surface area (Å²) in [6.07, 6.45) is 0. The third-order valence-corrected chi connectivity index (χ3v) is 0.163. The lowest BCUT2D eigenvalue weighted by molar-refractivity contribution is -0.778. The highest BCUT2D eigenvalue weighted by molar-refractivity contribution is 3.96. The summed E-state index contributed by atoms with van der Waals surface area (Å²) in [6, 6.07) is 0. The lowest BCUT2D eigenvalue weighted by atomic mass is 12.4. The molecular weight excluding hydrogens is 106 g/mol. The maximum atomic E-state index is 9.06. The highest BCUT2D eigenvalue weighted by Gasteiger charge is 1.99. The van der Waals surface area contributed by atoms with Crippen molar-refractivity contribution in [2.45, 2.75) is 0 Å². The quantitative estimate of drug-likeness (QED) is 0.359. The van der Waals surface area contributed by atoms with Crippen LogP contribution in [0.4, 0.5) is 0 Å². The van der Waals surface area contributed by atoms with Crippen molar-refractivity contribution < 1.29 is 10.1 Å². The summed E-state index contributed by atoms with van der Waals surface area (Å²) in [7, 11) is 0. The Kier molecular flexibility index (Phi) is 1.52. The maximum absolute atomic E-state index is 9.06. The van der Waals surface area contributed by atoms with Crippen molar-refractivity contribution in [3.63, 3.8) is 0 Å². The molecule has 0 aliphatic heterocycles. The average Bonchev–Trinajstić information content (AvgIpc) is 1.27. The topological polar surface area (TPSA) is 98.3 Å². The van der Waals surface area contributed by atoms with E-state index in [1.54, 1.807) is 0 Å². The summed E-state index contributed by atoms with van der Waals surface area (Å²) in [5, 5.41) is 15.6. The van der Waals surface area contributed by atoms with Crippen molar-refractivity contribution in [1.29, 1.82) is 0 Å². The number of hydrogen-bond acceptors (Lipinski definition) is 4. The van der Waals surface area contributed by atoms with Gasteiger partial charge < -0.3 is 0 Å². The van der Waals surface area contributed by atoms with Crippen LogP contribution in [0.15, 0.2) is 0 Å². The molecule has 0 aliphatic rings. The van der Waals surface area contributed by atoms with Crippen LogP contribution in [0, 0.1) is 20.2 Å². The van der Waals surface area contributed by atoms with Crippen LogP contribution in [-0.4, -0.2) is 10.1 Å². The van der Waals surface area contributed by atoms with Crippen LogP contribution < -0.4 is 5.53 Å². The molecular formula is HN3O4. The minimum atomic E-state index is -1.25. The molecule has 7 heavy (non-hydrogen) atoms. The van der Waals surface area contributed by atoms with E-state index in [0.29, 0.717) is 0 Å². The first-order valence-corrected chi connectivity index (χ1v) is 1.18. The molecule has 0 fully saturated rings. The minimum absolute atomic E-state index is 0.750. The first kappa shape index (κ1) is 5.60. The third-order valence-electron chi connectivity index (χ3n) is 0.163. The van der Waals surface area contributed by atoms with Crippen molar-refractivity contribution in [3.8, 4) is 0 Å². The van der Waals surface area contributed by atoms with Crippen LogP contribution in [0.5, 0.6) is 0 Å². The van der Waals surface area contributed by atoms with E-state index in [2.05, 4.69) is 0 Å². The van der Waals surface area contributed by atoms with Gasteiger partial charge in [0.25, 0.3) is 0 Å². The molecule has 0 saturated heterocycles. The molecule has 0 aromatic heterocycles. The maximum Gasteiger partial charge on any atom is 0.220 e. The van der Waals surface area contributed by atoms with E-state index in [1.807, 2.05) is 0 Å². The van der Waals surface area contributed by atoms with Gasteiger partial charge in [0.15, 0.2) is 5.53 Å². The fourth-order valence-electron chi connectivity index (χ4n) is 0.0667. The molecule has 0 atom stereocenters. The first-order valence-electron chi connectivity index (χ1n) is 1.18. The van der Waals surface area contributed by atoms with Crippen molar-refractivity contribution in [1.82, 2.24) is 5.53 Å². The van der Waals surface area contributed by atoms with E-state index in [0.717, 1.165) is 5.53 Å². The van der Waals surface area contributed by atoms with Crippen LogP contribution in [0.2, 0.25) is 0 Å².